The van der Waals surface area contributed by atoms with Crippen LogP contribution in [-0.2, 0) is 12.4 Å². The lowest BCUT2D eigenvalue weighted by Crippen LogP contribution is -2.04. The highest BCUT2D eigenvalue weighted by atomic mass is 35.5. The first kappa shape index (κ1) is 14.2. The second kappa shape index (κ2) is 5.92. The third kappa shape index (κ3) is 2.82. The van der Waals surface area contributed by atoms with Gasteiger partial charge in [-0.3, -0.25) is 0 Å². The van der Waals surface area contributed by atoms with Crippen molar-refractivity contribution in [1.29, 1.82) is 0 Å². The van der Waals surface area contributed by atoms with Crippen LogP contribution in [0.1, 0.15) is 11.4 Å². The minimum absolute atomic E-state index is 0.342. The molecule has 3 aromatic rings. The molecule has 0 fully saturated rings. The van der Waals surface area contributed by atoms with Gasteiger partial charge in [0.25, 0.3) is 0 Å². The van der Waals surface area contributed by atoms with Gasteiger partial charge < -0.3 is 9.30 Å². The summed E-state index contributed by atoms with van der Waals surface area (Å²) in [6, 6.07) is 9.50. The maximum Gasteiger partial charge on any atom is 0.213 e. The molecule has 0 radical (unpaired) electrons. The van der Waals surface area contributed by atoms with Crippen LogP contribution in [0.5, 0.6) is 5.88 Å². The average molecular weight is 322 g/mol. The summed E-state index contributed by atoms with van der Waals surface area (Å²) >= 11 is 12.0. The van der Waals surface area contributed by atoms with Crippen LogP contribution in [0.15, 0.2) is 36.5 Å². The summed E-state index contributed by atoms with van der Waals surface area (Å²) in [6.45, 7) is 0.652. The summed E-state index contributed by atoms with van der Waals surface area (Å²) in [7, 11) is 1.60. The molecule has 6 heteroatoms. The Morgan fingerprint density at radius 3 is 2.86 bits per heavy atom. The third-order valence-electron chi connectivity index (χ3n) is 3.26. The van der Waals surface area contributed by atoms with E-state index in [-0.39, 0.29) is 0 Å². The van der Waals surface area contributed by atoms with Gasteiger partial charge in [-0.15, -0.1) is 11.6 Å². The quantitative estimate of drug-likeness (QED) is 0.684. The molecule has 4 nitrogen and oxygen atoms in total. The normalized spacial score (nSPS) is 11.0. The first-order valence-corrected chi connectivity index (χ1v) is 7.32. The number of ether oxygens (including phenoxy) is 1. The summed E-state index contributed by atoms with van der Waals surface area (Å²) < 4.78 is 7.23. The number of aromatic nitrogens is 3. The Labute approximate surface area is 132 Å². The zero-order chi connectivity index (χ0) is 14.8. The highest BCUT2D eigenvalue weighted by molar-refractivity contribution is 6.31. The molecule has 0 atom stereocenters. The van der Waals surface area contributed by atoms with Gasteiger partial charge in [0.15, 0.2) is 0 Å². The molecule has 0 spiro atoms. The predicted octanol–water partition coefficient (Wildman–Crippen LogP) is 3.88. The van der Waals surface area contributed by atoms with Crippen LogP contribution < -0.4 is 4.74 Å². The number of benzene rings is 1. The van der Waals surface area contributed by atoms with Crippen LogP contribution in [0.2, 0.25) is 5.02 Å². The van der Waals surface area contributed by atoms with E-state index < -0.39 is 0 Å². The molecule has 0 amide bonds. The van der Waals surface area contributed by atoms with Crippen LogP contribution in [-0.4, -0.2) is 21.6 Å². The maximum absolute atomic E-state index is 6.02. The smallest absolute Gasteiger partial charge is 0.213 e. The summed E-state index contributed by atoms with van der Waals surface area (Å²) in [6.07, 6.45) is 1.73. The Bertz CT molecular complexity index is 786. The summed E-state index contributed by atoms with van der Waals surface area (Å²) in [5, 5.41) is 0.666. The van der Waals surface area contributed by atoms with E-state index in [0.717, 1.165) is 22.4 Å². The second-order valence-corrected chi connectivity index (χ2v) is 5.29. The number of pyridine rings is 1. The van der Waals surface area contributed by atoms with Crippen molar-refractivity contribution in [3.8, 4) is 5.88 Å². The Kier molecular flexibility index (Phi) is 3.99. The van der Waals surface area contributed by atoms with E-state index in [1.165, 1.54) is 0 Å². The fraction of sp³-hybridized carbons (Fsp3) is 0.200. The van der Waals surface area contributed by atoms with Crippen LogP contribution in [0.3, 0.4) is 0 Å². The fourth-order valence-corrected chi connectivity index (χ4v) is 2.64. The molecular weight excluding hydrogens is 309 g/mol. The predicted molar refractivity (Wildman–Crippen MR) is 84.2 cm³/mol. The zero-order valence-corrected chi connectivity index (χ0v) is 12.9. The first-order valence-electron chi connectivity index (χ1n) is 6.41. The van der Waals surface area contributed by atoms with Crippen molar-refractivity contribution in [1.82, 2.24) is 14.5 Å². The molecule has 0 N–H and O–H groups in total. The van der Waals surface area contributed by atoms with E-state index in [2.05, 4.69) is 14.5 Å². The monoisotopic (exact) mass is 321 g/mol. The zero-order valence-electron chi connectivity index (χ0n) is 11.4. The van der Waals surface area contributed by atoms with Crippen molar-refractivity contribution in [2.45, 2.75) is 12.4 Å². The molecule has 0 aliphatic heterocycles. The number of hydrogen-bond donors (Lipinski definition) is 0. The van der Waals surface area contributed by atoms with Crippen LogP contribution >= 0.6 is 23.2 Å². The second-order valence-electron chi connectivity index (χ2n) is 4.59. The molecule has 21 heavy (non-hydrogen) atoms. The van der Waals surface area contributed by atoms with Crippen molar-refractivity contribution in [3.05, 3.63) is 52.9 Å². The summed E-state index contributed by atoms with van der Waals surface area (Å²) in [4.78, 5) is 8.64. The number of nitrogens with zero attached hydrogens (tertiary/aromatic N) is 3. The molecule has 108 valence electrons. The van der Waals surface area contributed by atoms with Gasteiger partial charge in [-0.1, -0.05) is 11.6 Å². The van der Waals surface area contributed by atoms with E-state index in [4.69, 9.17) is 27.9 Å². The lowest BCUT2D eigenvalue weighted by Gasteiger charge is -2.09. The highest BCUT2D eigenvalue weighted by Gasteiger charge is 2.11. The van der Waals surface area contributed by atoms with E-state index in [0.29, 0.717) is 23.3 Å². The number of rotatable bonds is 4. The molecular formula is C15H13Cl2N3O. The summed E-state index contributed by atoms with van der Waals surface area (Å²) in [5.41, 5.74) is 2.92. The Hall–Kier alpha value is -1.78. The van der Waals surface area contributed by atoms with E-state index >= 15 is 0 Å². The van der Waals surface area contributed by atoms with Crippen molar-refractivity contribution < 1.29 is 4.74 Å². The SMILES string of the molecule is COc1cc(Cn2c(CCl)nc3cc(Cl)ccc32)ccn1. The van der Waals surface area contributed by atoms with Gasteiger partial charge in [0.1, 0.15) is 5.82 Å². The van der Waals surface area contributed by atoms with Crippen molar-refractivity contribution in [2.24, 2.45) is 0 Å². The number of methoxy groups -OCH3 is 1. The van der Waals surface area contributed by atoms with Gasteiger partial charge in [-0.05, 0) is 29.8 Å². The fourth-order valence-electron chi connectivity index (χ4n) is 2.27. The van der Waals surface area contributed by atoms with Gasteiger partial charge in [-0.2, -0.15) is 0 Å². The minimum Gasteiger partial charge on any atom is -0.481 e. The first-order chi connectivity index (χ1) is 10.2. The molecule has 0 bridgehead atoms. The molecule has 1 aromatic carbocycles. The lowest BCUT2D eigenvalue weighted by atomic mass is 10.2. The van der Waals surface area contributed by atoms with E-state index in [1.54, 1.807) is 13.3 Å². The Morgan fingerprint density at radius 2 is 2.10 bits per heavy atom. The van der Waals surface area contributed by atoms with E-state index in [1.807, 2.05) is 30.3 Å². The molecule has 3 rings (SSSR count). The molecule has 0 saturated heterocycles. The third-order valence-corrected chi connectivity index (χ3v) is 3.73. The number of alkyl halides is 1. The molecule has 2 aromatic heterocycles. The largest absolute Gasteiger partial charge is 0.481 e. The van der Waals surface area contributed by atoms with E-state index in [9.17, 15) is 0 Å². The maximum atomic E-state index is 6.02. The van der Waals surface area contributed by atoms with Gasteiger partial charge in [0.2, 0.25) is 5.88 Å². The van der Waals surface area contributed by atoms with Crippen molar-refractivity contribution >= 4 is 34.2 Å². The van der Waals surface area contributed by atoms with Gasteiger partial charge >= 0.3 is 0 Å². The lowest BCUT2D eigenvalue weighted by molar-refractivity contribution is 0.397. The number of imidazole rings is 1. The van der Waals surface area contributed by atoms with Crippen LogP contribution in [0.4, 0.5) is 0 Å². The van der Waals surface area contributed by atoms with Gasteiger partial charge in [0.05, 0.1) is 24.0 Å². The number of fused-ring (bicyclic) bond motifs is 1. The van der Waals surface area contributed by atoms with Crippen LogP contribution in [0, 0.1) is 0 Å². The topological polar surface area (TPSA) is 39.9 Å². The molecule has 0 unspecified atom stereocenters. The van der Waals surface area contributed by atoms with Crippen LogP contribution in [0.25, 0.3) is 11.0 Å². The molecule has 2 heterocycles. The molecule has 0 aliphatic carbocycles. The number of hydrogen-bond acceptors (Lipinski definition) is 3. The van der Waals surface area contributed by atoms with Crippen molar-refractivity contribution in [3.63, 3.8) is 0 Å². The highest BCUT2D eigenvalue weighted by Crippen LogP contribution is 2.23. The Morgan fingerprint density at radius 1 is 1.24 bits per heavy atom. The number of halogens is 2. The molecule has 0 saturated carbocycles. The average Bonchev–Trinajstić information content (AvgIpc) is 2.84. The van der Waals surface area contributed by atoms with Gasteiger partial charge in [0, 0.05) is 23.8 Å². The standard InChI is InChI=1S/C15H13Cl2N3O/c1-21-15-6-10(4-5-18-15)9-20-13-3-2-11(17)7-12(13)19-14(20)8-16/h2-7H,8-9H2,1H3. The van der Waals surface area contributed by atoms with Crippen molar-refractivity contribution in [2.75, 3.05) is 7.11 Å². The Balaban J connectivity index is 2.06. The summed E-state index contributed by atoms with van der Waals surface area (Å²) in [5.74, 6) is 1.74. The van der Waals surface area contributed by atoms with Gasteiger partial charge in [-0.25, -0.2) is 9.97 Å². The molecule has 0 aliphatic rings. The minimum atomic E-state index is 0.342.